The zero-order valence-corrected chi connectivity index (χ0v) is 8.44. The van der Waals surface area contributed by atoms with Crippen LogP contribution in [0, 0.1) is 0 Å². The third kappa shape index (κ3) is 2.42. The highest BCUT2D eigenvalue weighted by molar-refractivity contribution is 5.79. The first kappa shape index (κ1) is 11.9. The molecule has 0 bridgehead atoms. The van der Waals surface area contributed by atoms with E-state index in [2.05, 4.69) is 9.47 Å². The van der Waals surface area contributed by atoms with Gasteiger partial charge in [-0.15, -0.1) is 0 Å². The lowest BCUT2D eigenvalue weighted by atomic mass is 10.3. The second-order valence-electron chi connectivity index (χ2n) is 2.91. The third-order valence-corrected chi connectivity index (χ3v) is 2.08. The summed E-state index contributed by atoms with van der Waals surface area (Å²) in [5.74, 6) is -1.70. The monoisotopic (exact) mass is 221 g/mol. The van der Waals surface area contributed by atoms with Crippen LogP contribution in [0.2, 0.25) is 0 Å². The molecule has 86 valence electrons. The summed E-state index contributed by atoms with van der Waals surface area (Å²) < 4.78 is 27.0. The molecule has 1 heterocycles. The summed E-state index contributed by atoms with van der Waals surface area (Å²) in [6, 6.07) is -0.899. The number of carbonyl (C=O) groups is 2. The molecule has 0 spiro atoms. The van der Waals surface area contributed by atoms with Gasteiger partial charge in [-0.3, -0.25) is 4.79 Å². The number of halogens is 1. The largest absolute Gasteiger partial charge is 0.468 e. The van der Waals surface area contributed by atoms with Gasteiger partial charge in [0.25, 0.3) is 6.30 Å². The number of esters is 2. The van der Waals surface area contributed by atoms with E-state index in [4.69, 9.17) is 4.74 Å². The van der Waals surface area contributed by atoms with Crippen LogP contribution in [0.3, 0.4) is 0 Å². The summed E-state index contributed by atoms with van der Waals surface area (Å²) in [5.41, 5.74) is 0. The Morgan fingerprint density at radius 1 is 1.47 bits per heavy atom. The second kappa shape index (κ2) is 5.04. The van der Waals surface area contributed by atoms with Crippen LogP contribution in [-0.4, -0.2) is 56.7 Å². The standard InChI is InChI=1S/C8H12FNO5/c1-13-7(11)5-3-15-4-10(5)6(9)8(12)14-2/h5-6H,3-4H2,1-2H3. The molecule has 0 saturated carbocycles. The van der Waals surface area contributed by atoms with Crippen molar-refractivity contribution in [2.45, 2.75) is 12.3 Å². The molecule has 0 aromatic rings. The molecule has 0 aliphatic carbocycles. The van der Waals surface area contributed by atoms with Gasteiger partial charge < -0.3 is 14.2 Å². The first-order valence-electron chi connectivity index (χ1n) is 4.25. The van der Waals surface area contributed by atoms with Crippen molar-refractivity contribution in [2.24, 2.45) is 0 Å². The molecule has 0 aromatic carbocycles. The second-order valence-corrected chi connectivity index (χ2v) is 2.91. The molecule has 1 rings (SSSR count). The average molecular weight is 221 g/mol. The van der Waals surface area contributed by atoms with Crippen molar-refractivity contribution in [2.75, 3.05) is 27.6 Å². The molecule has 0 amide bonds. The van der Waals surface area contributed by atoms with E-state index in [1.165, 1.54) is 7.11 Å². The van der Waals surface area contributed by atoms with Gasteiger partial charge in [0.2, 0.25) is 0 Å². The van der Waals surface area contributed by atoms with E-state index >= 15 is 0 Å². The van der Waals surface area contributed by atoms with Gasteiger partial charge in [-0.25, -0.2) is 14.1 Å². The molecule has 6 nitrogen and oxygen atoms in total. The third-order valence-electron chi connectivity index (χ3n) is 2.08. The number of methoxy groups -OCH3 is 2. The molecule has 7 heteroatoms. The first-order chi connectivity index (χ1) is 7.11. The van der Waals surface area contributed by atoms with Crippen LogP contribution >= 0.6 is 0 Å². The summed E-state index contributed by atoms with van der Waals surface area (Å²) >= 11 is 0. The minimum absolute atomic E-state index is 0.00406. The summed E-state index contributed by atoms with van der Waals surface area (Å²) in [6.45, 7) is -0.139. The van der Waals surface area contributed by atoms with Crippen molar-refractivity contribution in [1.29, 1.82) is 0 Å². The van der Waals surface area contributed by atoms with E-state index < -0.39 is 24.3 Å². The molecule has 1 saturated heterocycles. The Morgan fingerprint density at radius 3 is 2.67 bits per heavy atom. The zero-order valence-electron chi connectivity index (χ0n) is 8.44. The van der Waals surface area contributed by atoms with Gasteiger partial charge in [0.05, 0.1) is 20.8 Å². The Labute approximate surface area is 85.9 Å². The Hall–Kier alpha value is -1.21. The summed E-state index contributed by atoms with van der Waals surface area (Å²) in [5, 5.41) is 0. The molecule has 2 unspecified atom stereocenters. The Morgan fingerprint density at radius 2 is 2.13 bits per heavy atom. The van der Waals surface area contributed by atoms with Crippen LogP contribution in [0.25, 0.3) is 0 Å². The van der Waals surface area contributed by atoms with Crippen molar-refractivity contribution in [3.05, 3.63) is 0 Å². The highest BCUT2D eigenvalue weighted by Crippen LogP contribution is 2.16. The maximum Gasteiger partial charge on any atom is 0.356 e. The molecule has 1 aliphatic heterocycles. The van der Waals surface area contributed by atoms with Crippen LogP contribution in [0.4, 0.5) is 4.39 Å². The predicted molar refractivity (Wildman–Crippen MR) is 45.4 cm³/mol. The molecule has 15 heavy (non-hydrogen) atoms. The van der Waals surface area contributed by atoms with Crippen LogP contribution < -0.4 is 0 Å². The average Bonchev–Trinajstić information content (AvgIpc) is 2.74. The van der Waals surface area contributed by atoms with Crippen LogP contribution in [-0.2, 0) is 23.8 Å². The molecule has 1 aliphatic rings. The molecular formula is C8H12FNO5. The van der Waals surface area contributed by atoms with Crippen LogP contribution in [0.1, 0.15) is 0 Å². The smallest absolute Gasteiger partial charge is 0.356 e. The van der Waals surface area contributed by atoms with Crippen molar-refractivity contribution < 1.29 is 28.2 Å². The normalized spacial score (nSPS) is 23.5. The fraction of sp³-hybridized carbons (Fsp3) is 0.750. The Bertz CT molecular complexity index is 259. The number of hydrogen-bond acceptors (Lipinski definition) is 6. The summed E-state index contributed by atoms with van der Waals surface area (Å²) in [4.78, 5) is 23.0. The fourth-order valence-corrected chi connectivity index (χ4v) is 1.25. The van der Waals surface area contributed by atoms with Crippen molar-refractivity contribution in [3.8, 4) is 0 Å². The van der Waals surface area contributed by atoms with Gasteiger partial charge in [0, 0.05) is 0 Å². The Balaban J connectivity index is 2.67. The van der Waals surface area contributed by atoms with Gasteiger partial charge in [-0.1, -0.05) is 0 Å². The molecule has 1 fully saturated rings. The molecule has 0 aromatic heterocycles. The number of ether oxygens (including phenoxy) is 3. The van der Waals surface area contributed by atoms with Crippen molar-refractivity contribution >= 4 is 11.9 Å². The van der Waals surface area contributed by atoms with Crippen molar-refractivity contribution in [1.82, 2.24) is 4.90 Å². The minimum atomic E-state index is -2.01. The Kier molecular flexibility index (Phi) is 3.98. The van der Waals surface area contributed by atoms with E-state index in [1.54, 1.807) is 0 Å². The lowest BCUT2D eigenvalue weighted by Gasteiger charge is -2.21. The first-order valence-corrected chi connectivity index (χ1v) is 4.25. The van der Waals surface area contributed by atoms with Crippen LogP contribution in [0.15, 0.2) is 0 Å². The molecular weight excluding hydrogens is 209 g/mol. The molecule has 2 atom stereocenters. The van der Waals surface area contributed by atoms with Gasteiger partial charge >= 0.3 is 11.9 Å². The summed E-state index contributed by atoms with van der Waals surface area (Å²) in [7, 11) is 2.25. The number of nitrogens with zero attached hydrogens (tertiary/aromatic N) is 1. The van der Waals surface area contributed by atoms with Gasteiger partial charge in [0.15, 0.2) is 0 Å². The lowest BCUT2D eigenvalue weighted by Crippen LogP contribution is -2.46. The number of rotatable bonds is 3. The zero-order chi connectivity index (χ0) is 11.4. The SMILES string of the molecule is COC(=O)C(F)N1COCC1C(=O)OC. The van der Waals surface area contributed by atoms with E-state index in [0.717, 1.165) is 12.0 Å². The van der Waals surface area contributed by atoms with E-state index in [0.29, 0.717) is 0 Å². The van der Waals surface area contributed by atoms with Crippen molar-refractivity contribution in [3.63, 3.8) is 0 Å². The molecule has 0 radical (unpaired) electrons. The van der Waals surface area contributed by atoms with Gasteiger partial charge in [0.1, 0.15) is 12.8 Å². The van der Waals surface area contributed by atoms with E-state index in [9.17, 15) is 14.0 Å². The highest BCUT2D eigenvalue weighted by Gasteiger charge is 2.40. The summed E-state index contributed by atoms with van der Waals surface area (Å²) in [6.07, 6.45) is -2.01. The van der Waals surface area contributed by atoms with Crippen LogP contribution in [0.5, 0.6) is 0 Å². The van der Waals surface area contributed by atoms with E-state index in [1.807, 2.05) is 0 Å². The lowest BCUT2D eigenvalue weighted by molar-refractivity contribution is -0.159. The fourth-order valence-electron chi connectivity index (χ4n) is 1.25. The predicted octanol–water partition coefficient (Wildman–Crippen LogP) is -0.714. The number of alkyl halides is 1. The van der Waals surface area contributed by atoms with E-state index in [-0.39, 0.29) is 13.3 Å². The molecule has 0 N–H and O–H groups in total. The number of carbonyl (C=O) groups excluding carboxylic acids is 2. The van der Waals surface area contributed by atoms with Gasteiger partial charge in [-0.05, 0) is 0 Å². The maximum atomic E-state index is 13.4. The topological polar surface area (TPSA) is 65.1 Å². The minimum Gasteiger partial charge on any atom is -0.468 e. The van der Waals surface area contributed by atoms with Gasteiger partial charge in [-0.2, -0.15) is 0 Å². The quantitative estimate of drug-likeness (QED) is 0.463. The highest BCUT2D eigenvalue weighted by atomic mass is 19.1. The maximum absolute atomic E-state index is 13.4. The number of hydrogen-bond donors (Lipinski definition) is 0.